The number of nitrogens with one attached hydrogen (secondary N) is 2. The average molecular weight is 298 g/mol. The van der Waals surface area contributed by atoms with Gasteiger partial charge in [-0.1, -0.05) is 13.0 Å². The Kier molecular flexibility index (Phi) is 5.35. The number of rotatable bonds is 5. The van der Waals surface area contributed by atoms with Crippen molar-refractivity contribution in [3.63, 3.8) is 0 Å². The third-order valence-electron chi connectivity index (χ3n) is 2.93. The van der Waals surface area contributed by atoms with E-state index in [9.17, 15) is 8.42 Å². The van der Waals surface area contributed by atoms with Gasteiger partial charge in [0.25, 0.3) is 0 Å². The first-order valence-electron chi connectivity index (χ1n) is 6.91. The first-order valence-corrected chi connectivity index (χ1v) is 8.40. The SMILES string of the molecule is CCNCc1cc(S(=O)(=O)NC(C)(C)C)c(C)cc1C. The van der Waals surface area contributed by atoms with Gasteiger partial charge in [0.05, 0.1) is 4.90 Å². The molecule has 0 aliphatic heterocycles. The van der Waals surface area contributed by atoms with Crippen LogP contribution < -0.4 is 10.0 Å². The van der Waals surface area contributed by atoms with E-state index in [1.807, 2.05) is 47.6 Å². The molecule has 0 amide bonds. The van der Waals surface area contributed by atoms with Crippen molar-refractivity contribution < 1.29 is 8.42 Å². The monoisotopic (exact) mass is 298 g/mol. The van der Waals surface area contributed by atoms with E-state index in [4.69, 9.17) is 0 Å². The molecular formula is C15H26N2O2S. The van der Waals surface area contributed by atoms with E-state index in [1.165, 1.54) is 0 Å². The van der Waals surface area contributed by atoms with Crippen LogP contribution in [0.4, 0.5) is 0 Å². The summed E-state index contributed by atoms with van der Waals surface area (Å²) in [4.78, 5) is 0.367. The molecule has 0 atom stereocenters. The van der Waals surface area contributed by atoms with Crippen LogP contribution in [0.5, 0.6) is 0 Å². The molecular weight excluding hydrogens is 272 g/mol. The Morgan fingerprint density at radius 2 is 1.70 bits per heavy atom. The lowest BCUT2D eigenvalue weighted by molar-refractivity contribution is 0.491. The fraction of sp³-hybridized carbons (Fsp3) is 0.600. The molecule has 0 heterocycles. The summed E-state index contributed by atoms with van der Waals surface area (Å²) in [6.45, 7) is 12.9. The van der Waals surface area contributed by atoms with Crippen LogP contribution in [-0.4, -0.2) is 20.5 Å². The maximum absolute atomic E-state index is 12.5. The van der Waals surface area contributed by atoms with Gasteiger partial charge in [-0.05, 0) is 63.9 Å². The predicted molar refractivity (Wildman–Crippen MR) is 83.4 cm³/mol. The lowest BCUT2D eigenvalue weighted by Crippen LogP contribution is -2.40. The van der Waals surface area contributed by atoms with Gasteiger partial charge in [0.2, 0.25) is 10.0 Å². The van der Waals surface area contributed by atoms with Gasteiger partial charge < -0.3 is 5.32 Å². The van der Waals surface area contributed by atoms with Gasteiger partial charge >= 0.3 is 0 Å². The summed E-state index contributed by atoms with van der Waals surface area (Å²) in [6, 6.07) is 3.71. The highest BCUT2D eigenvalue weighted by atomic mass is 32.2. The van der Waals surface area contributed by atoms with Crippen molar-refractivity contribution in [3.05, 3.63) is 28.8 Å². The Hall–Kier alpha value is -0.910. The molecule has 1 aromatic rings. The van der Waals surface area contributed by atoms with Crippen molar-refractivity contribution in [2.45, 2.75) is 58.5 Å². The molecule has 2 N–H and O–H groups in total. The summed E-state index contributed by atoms with van der Waals surface area (Å²) < 4.78 is 27.7. The van der Waals surface area contributed by atoms with Gasteiger partial charge in [0.15, 0.2) is 0 Å². The van der Waals surface area contributed by atoms with Crippen LogP contribution >= 0.6 is 0 Å². The van der Waals surface area contributed by atoms with Crippen LogP contribution in [0.1, 0.15) is 44.4 Å². The Balaban J connectivity index is 3.24. The van der Waals surface area contributed by atoms with E-state index < -0.39 is 15.6 Å². The van der Waals surface area contributed by atoms with Gasteiger partial charge in [-0.3, -0.25) is 0 Å². The van der Waals surface area contributed by atoms with Crippen LogP contribution in [0.15, 0.2) is 17.0 Å². The minimum absolute atomic E-state index is 0.367. The Bertz CT molecular complexity index is 572. The topological polar surface area (TPSA) is 58.2 Å². The predicted octanol–water partition coefficient (Wildman–Crippen LogP) is 2.49. The minimum atomic E-state index is -3.49. The first-order chi connectivity index (χ1) is 9.07. The highest BCUT2D eigenvalue weighted by molar-refractivity contribution is 7.89. The Morgan fingerprint density at radius 1 is 1.10 bits per heavy atom. The third kappa shape index (κ3) is 4.58. The molecule has 0 saturated heterocycles. The number of aryl methyl sites for hydroxylation is 2. The highest BCUT2D eigenvalue weighted by Gasteiger charge is 2.24. The summed E-state index contributed by atoms with van der Waals surface area (Å²) in [5, 5.41) is 3.24. The molecule has 0 radical (unpaired) electrons. The van der Waals surface area contributed by atoms with Crippen molar-refractivity contribution in [2.24, 2.45) is 0 Å². The average Bonchev–Trinajstić information content (AvgIpc) is 2.24. The summed E-state index contributed by atoms with van der Waals surface area (Å²) in [5.74, 6) is 0. The lowest BCUT2D eigenvalue weighted by atomic mass is 10.1. The van der Waals surface area contributed by atoms with Crippen LogP contribution in [0.3, 0.4) is 0 Å². The third-order valence-corrected chi connectivity index (χ3v) is 4.83. The quantitative estimate of drug-likeness (QED) is 0.878. The summed E-state index contributed by atoms with van der Waals surface area (Å²) >= 11 is 0. The molecule has 0 aliphatic rings. The smallest absolute Gasteiger partial charge is 0.241 e. The van der Waals surface area contributed by atoms with E-state index >= 15 is 0 Å². The molecule has 0 aromatic heterocycles. The Labute approximate surface area is 123 Å². The van der Waals surface area contributed by atoms with E-state index in [0.29, 0.717) is 11.4 Å². The Morgan fingerprint density at radius 3 is 2.20 bits per heavy atom. The maximum atomic E-state index is 12.5. The number of sulfonamides is 1. The lowest BCUT2D eigenvalue weighted by Gasteiger charge is -2.22. The zero-order valence-corrected chi connectivity index (χ0v) is 14.1. The van der Waals surface area contributed by atoms with Gasteiger partial charge in [0.1, 0.15) is 0 Å². The summed E-state index contributed by atoms with van der Waals surface area (Å²) in [7, 11) is -3.49. The van der Waals surface area contributed by atoms with Gasteiger partial charge in [-0.2, -0.15) is 0 Å². The number of hydrogen-bond acceptors (Lipinski definition) is 3. The van der Waals surface area contributed by atoms with E-state index in [2.05, 4.69) is 10.0 Å². The normalized spacial score (nSPS) is 12.7. The molecule has 0 bridgehead atoms. The minimum Gasteiger partial charge on any atom is -0.313 e. The van der Waals surface area contributed by atoms with Crippen molar-refractivity contribution in [2.75, 3.05) is 6.54 Å². The van der Waals surface area contributed by atoms with Crippen LogP contribution in [-0.2, 0) is 16.6 Å². The fourth-order valence-electron chi connectivity index (χ4n) is 2.07. The molecule has 0 spiro atoms. The highest BCUT2D eigenvalue weighted by Crippen LogP contribution is 2.22. The van der Waals surface area contributed by atoms with Crippen molar-refractivity contribution in [1.29, 1.82) is 0 Å². The zero-order chi connectivity index (χ0) is 15.6. The molecule has 0 unspecified atom stereocenters. The van der Waals surface area contributed by atoms with Gasteiger partial charge in [0, 0.05) is 12.1 Å². The van der Waals surface area contributed by atoms with E-state index in [1.54, 1.807) is 6.07 Å². The van der Waals surface area contributed by atoms with E-state index in [-0.39, 0.29) is 0 Å². The van der Waals surface area contributed by atoms with Crippen LogP contribution in [0.2, 0.25) is 0 Å². The molecule has 0 saturated carbocycles. The standard InChI is InChI=1S/C15H26N2O2S/c1-7-16-10-13-9-14(12(3)8-11(13)2)20(18,19)17-15(4,5)6/h8-9,16-17H,7,10H2,1-6H3. The van der Waals surface area contributed by atoms with Gasteiger partial charge in [-0.25, -0.2) is 13.1 Å². The second-order valence-corrected chi connectivity index (χ2v) is 7.83. The van der Waals surface area contributed by atoms with Crippen molar-refractivity contribution in [3.8, 4) is 0 Å². The molecule has 4 nitrogen and oxygen atoms in total. The molecule has 0 aliphatic carbocycles. The molecule has 5 heteroatoms. The fourth-order valence-corrected chi connectivity index (χ4v) is 3.77. The molecule has 0 fully saturated rings. The summed E-state index contributed by atoms with van der Waals surface area (Å²) in [6.07, 6.45) is 0. The largest absolute Gasteiger partial charge is 0.313 e. The molecule has 20 heavy (non-hydrogen) atoms. The summed E-state index contributed by atoms with van der Waals surface area (Å²) in [5.41, 5.74) is 2.42. The molecule has 1 rings (SSSR count). The first kappa shape index (κ1) is 17.1. The van der Waals surface area contributed by atoms with Crippen LogP contribution in [0, 0.1) is 13.8 Å². The molecule has 1 aromatic carbocycles. The number of benzene rings is 1. The van der Waals surface area contributed by atoms with E-state index in [0.717, 1.165) is 23.2 Å². The number of hydrogen-bond donors (Lipinski definition) is 2. The maximum Gasteiger partial charge on any atom is 0.241 e. The molecule has 114 valence electrons. The van der Waals surface area contributed by atoms with Crippen LogP contribution in [0.25, 0.3) is 0 Å². The van der Waals surface area contributed by atoms with Crippen molar-refractivity contribution in [1.82, 2.24) is 10.0 Å². The second-order valence-electron chi connectivity index (χ2n) is 6.18. The zero-order valence-electron chi connectivity index (χ0n) is 13.3. The van der Waals surface area contributed by atoms with Gasteiger partial charge in [-0.15, -0.1) is 0 Å². The van der Waals surface area contributed by atoms with Crippen molar-refractivity contribution >= 4 is 10.0 Å². The second kappa shape index (κ2) is 6.24.